The Morgan fingerprint density at radius 1 is 1.53 bits per heavy atom. The quantitative estimate of drug-likeness (QED) is 0.933. The number of nitrogens with zero attached hydrogens (tertiary/aromatic N) is 2. The Hall–Kier alpha value is -0.920. The molecule has 0 aliphatic rings. The number of benzene rings is 1. The number of aryl methyl sites for hydroxylation is 1. The first-order valence-electron chi connectivity index (χ1n) is 4.57. The molecule has 0 spiro atoms. The van der Waals surface area contributed by atoms with Crippen LogP contribution in [0.5, 0.6) is 0 Å². The molecule has 2 aromatic rings. The van der Waals surface area contributed by atoms with Gasteiger partial charge in [-0.15, -0.1) is 0 Å². The van der Waals surface area contributed by atoms with Gasteiger partial charge in [0.2, 0.25) is 0 Å². The molecule has 17 heavy (non-hydrogen) atoms. The summed E-state index contributed by atoms with van der Waals surface area (Å²) in [7, 11) is 0. The smallest absolute Gasteiger partial charge is 0.335 e. The van der Waals surface area contributed by atoms with Crippen LogP contribution in [0.2, 0.25) is 0 Å². The van der Waals surface area contributed by atoms with Crippen LogP contribution in [-0.2, 0) is 0 Å². The van der Waals surface area contributed by atoms with E-state index in [-0.39, 0.29) is 5.56 Å². The first-order chi connectivity index (χ1) is 8.06. The predicted molar refractivity (Wildman–Crippen MR) is 69.9 cm³/mol. The molecule has 0 amide bonds. The van der Waals surface area contributed by atoms with E-state index in [1.54, 1.807) is 18.2 Å². The number of carboxylic acids is 1. The number of carboxylic acid groups (broad SMARTS) is 1. The van der Waals surface area contributed by atoms with Crippen LogP contribution in [0.3, 0.4) is 0 Å². The number of hydrogen-bond acceptors (Lipinski definition) is 5. The van der Waals surface area contributed by atoms with E-state index in [2.05, 4.69) is 25.3 Å². The molecule has 88 valence electrons. The zero-order valence-corrected chi connectivity index (χ0v) is 11.9. The highest BCUT2D eigenvalue weighted by Gasteiger charge is 2.09. The predicted octanol–water partition coefficient (Wildman–Crippen LogP) is 3.46. The van der Waals surface area contributed by atoms with Crippen molar-refractivity contribution < 1.29 is 9.90 Å². The lowest BCUT2D eigenvalue weighted by molar-refractivity contribution is 0.0696. The van der Waals surface area contributed by atoms with Crippen molar-refractivity contribution in [3.05, 3.63) is 34.1 Å². The summed E-state index contributed by atoms with van der Waals surface area (Å²) in [6.45, 7) is 1.84. The molecule has 1 aromatic heterocycles. The molecule has 2 rings (SSSR count). The maximum atomic E-state index is 10.8. The van der Waals surface area contributed by atoms with Crippen molar-refractivity contribution >= 4 is 45.2 Å². The summed E-state index contributed by atoms with van der Waals surface area (Å²) >= 11 is 6.14. The summed E-state index contributed by atoms with van der Waals surface area (Å²) in [6.07, 6.45) is 0. The largest absolute Gasteiger partial charge is 0.478 e. The standard InChI is InChI=1S/C10H7BrN2O2S2/c1-5-12-10(17-13-5)16-8-3-2-6(9(14)15)4-7(8)11/h2-4H,1H3,(H,14,15). The van der Waals surface area contributed by atoms with E-state index in [4.69, 9.17) is 5.11 Å². The molecule has 0 radical (unpaired) electrons. The first-order valence-corrected chi connectivity index (χ1v) is 6.95. The fourth-order valence-corrected chi connectivity index (χ4v) is 3.36. The Kier molecular flexibility index (Phi) is 3.80. The van der Waals surface area contributed by atoms with Crippen LogP contribution in [0.1, 0.15) is 16.2 Å². The molecule has 0 aliphatic carbocycles. The molecule has 1 heterocycles. The maximum Gasteiger partial charge on any atom is 0.335 e. The molecule has 0 bridgehead atoms. The SMILES string of the molecule is Cc1nsc(Sc2ccc(C(=O)O)cc2Br)n1. The van der Waals surface area contributed by atoms with Crippen molar-refractivity contribution in [3.8, 4) is 0 Å². The van der Waals surface area contributed by atoms with E-state index in [0.29, 0.717) is 0 Å². The zero-order valence-electron chi connectivity index (χ0n) is 8.68. The number of hydrogen-bond donors (Lipinski definition) is 1. The summed E-state index contributed by atoms with van der Waals surface area (Å²) in [4.78, 5) is 15.9. The maximum absolute atomic E-state index is 10.8. The average Bonchev–Trinajstić information content (AvgIpc) is 2.67. The van der Waals surface area contributed by atoms with Gasteiger partial charge in [-0.1, -0.05) is 11.8 Å². The van der Waals surface area contributed by atoms with E-state index in [9.17, 15) is 4.79 Å². The minimum atomic E-state index is -0.936. The van der Waals surface area contributed by atoms with Gasteiger partial charge in [-0.3, -0.25) is 0 Å². The van der Waals surface area contributed by atoms with Crippen molar-refractivity contribution in [2.24, 2.45) is 0 Å². The molecule has 0 saturated heterocycles. The molecule has 0 aliphatic heterocycles. The molecule has 0 unspecified atom stereocenters. The molecule has 4 nitrogen and oxygen atoms in total. The molecular weight excluding hydrogens is 324 g/mol. The highest BCUT2D eigenvalue weighted by Crippen LogP contribution is 2.34. The normalized spacial score (nSPS) is 10.5. The number of rotatable bonds is 3. The van der Waals surface area contributed by atoms with Gasteiger partial charge in [0.25, 0.3) is 0 Å². The fraction of sp³-hybridized carbons (Fsp3) is 0.100. The number of carbonyl (C=O) groups is 1. The first kappa shape index (κ1) is 12.5. The minimum Gasteiger partial charge on any atom is -0.478 e. The van der Waals surface area contributed by atoms with Gasteiger partial charge >= 0.3 is 5.97 Å². The van der Waals surface area contributed by atoms with Gasteiger partial charge in [-0.25, -0.2) is 9.78 Å². The third kappa shape index (κ3) is 3.05. The van der Waals surface area contributed by atoms with Crippen LogP contribution in [0.15, 0.2) is 31.9 Å². The van der Waals surface area contributed by atoms with Crippen LogP contribution in [0.25, 0.3) is 0 Å². The third-order valence-electron chi connectivity index (χ3n) is 1.89. The van der Waals surface area contributed by atoms with Crippen LogP contribution in [0, 0.1) is 6.92 Å². The average molecular weight is 331 g/mol. The second kappa shape index (κ2) is 5.16. The van der Waals surface area contributed by atoms with Crippen molar-refractivity contribution in [3.63, 3.8) is 0 Å². The van der Waals surface area contributed by atoms with Gasteiger partial charge in [-0.2, -0.15) is 4.37 Å². The van der Waals surface area contributed by atoms with Crippen molar-refractivity contribution in [2.45, 2.75) is 16.2 Å². The highest BCUT2D eigenvalue weighted by molar-refractivity contribution is 9.10. The second-order valence-corrected chi connectivity index (χ2v) is 6.06. The number of aromatic carboxylic acids is 1. The van der Waals surface area contributed by atoms with Crippen molar-refractivity contribution in [1.82, 2.24) is 9.36 Å². The fourth-order valence-electron chi connectivity index (χ4n) is 1.13. The van der Waals surface area contributed by atoms with E-state index in [0.717, 1.165) is 19.5 Å². The van der Waals surface area contributed by atoms with Gasteiger partial charge in [0.05, 0.1) is 5.56 Å². The van der Waals surface area contributed by atoms with E-state index in [1.807, 2.05) is 6.92 Å². The minimum absolute atomic E-state index is 0.259. The number of aromatic nitrogens is 2. The van der Waals surface area contributed by atoms with Crippen LogP contribution in [0.4, 0.5) is 0 Å². The Balaban J connectivity index is 2.25. The molecular formula is C10H7BrN2O2S2. The van der Waals surface area contributed by atoms with Gasteiger partial charge < -0.3 is 5.11 Å². The lowest BCUT2D eigenvalue weighted by Crippen LogP contribution is -1.95. The molecule has 0 atom stereocenters. The van der Waals surface area contributed by atoms with E-state index in [1.165, 1.54) is 23.3 Å². The van der Waals surface area contributed by atoms with Crippen LogP contribution in [-0.4, -0.2) is 20.4 Å². The third-order valence-corrected chi connectivity index (χ3v) is 4.72. The monoisotopic (exact) mass is 330 g/mol. The van der Waals surface area contributed by atoms with Crippen LogP contribution < -0.4 is 0 Å². The molecule has 0 saturated carbocycles. The summed E-state index contributed by atoms with van der Waals surface area (Å²) in [5.41, 5.74) is 0.259. The van der Waals surface area contributed by atoms with Crippen molar-refractivity contribution in [2.75, 3.05) is 0 Å². The number of halogens is 1. The lowest BCUT2D eigenvalue weighted by Gasteiger charge is -2.02. The van der Waals surface area contributed by atoms with Crippen molar-refractivity contribution in [1.29, 1.82) is 0 Å². The highest BCUT2D eigenvalue weighted by atomic mass is 79.9. The summed E-state index contributed by atoms with van der Waals surface area (Å²) in [5.74, 6) is -0.190. The van der Waals surface area contributed by atoms with Gasteiger partial charge in [0.15, 0.2) is 4.34 Å². The lowest BCUT2D eigenvalue weighted by atomic mass is 10.2. The Bertz CT molecular complexity index is 571. The summed E-state index contributed by atoms with van der Waals surface area (Å²) < 4.78 is 5.67. The Morgan fingerprint density at radius 2 is 2.29 bits per heavy atom. The van der Waals surface area contributed by atoms with Gasteiger partial charge in [0.1, 0.15) is 5.82 Å². The second-order valence-electron chi connectivity index (χ2n) is 3.16. The summed E-state index contributed by atoms with van der Waals surface area (Å²) in [6, 6.07) is 4.91. The van der Waals surface area contributed by atoms with E-state index >= 15 is 0 Å². The van der Waals surface area contributed by atoms with Gasteiger partial charge in [-0.05, 0) is 52.6 Å². The molecule has 7 heteroatoms. The molecule has 0 fully saturated rings. The van der Waals surface area contributed by atoms with Crippen LogP contribution >= 0.6 is 39.2 Å². The Labute approximate surface area is 114 Å². The molecule has 1 aromatic carbocycles. The molecule has 1 N–H and O–H groups in total. The van der Waals surface area contributed by atoms with Gasteiger partial charge in [0, 0.05) is 9.37 Å². The Morgan fingerprint density at radius 3 is 2.82 bits per heavy atom. The topological polar surface area (TPSA) is 63.1 Å². The van der Waals surface area contributed by atoms with E-state index < -0.39 is 5.97 Å². The summed E-state index contributed by atoms with van der Waals surface area (Å²) in [5, 5.41) is 8.85. The zero-order chi connectivity index (χ0) is 12.4.